The van der Waals surface area contributed by atoms with Crippen molar-refractivity contribution in [3.05, 3.63) is 59.9 Å². The Morgan fingerprint density at radius 3 is 2.87 bits per heavy atom. The van der Waals surface area contributed by atoms with E-state index in [2.05, 4.69) is 4.98 Å². The fraction of sp³-hybridized carbons (Fsp3) is 0.333. The lowest BCUT2D eigenvalue weighted by molar-refractivity contribution is -0.141. The van der Waals surface area contributed by atoms with Gasteiger partial charge in [-0.2, -0.15) is 0 Å². The highest BCUT2D eigenvalue weighted by atomic mass is 16.5. The van der Waals surface area contributed by atoms with Gasteiger partial charge < -0.3 is 14.4 Å². The normalized spacial score (nSPS) is 17.8. The van der Waals surface area contributed by atoms with Gasteiger partial charge in [-0.3, -0.25) is 9.78 Å². The lowest BCUT2D eigenvalue weighted by Crippen LogP contribution is -2.44. The summed E-state index contributed by atoms with van der Waals surface area (Å²) in [4.78, 5) is 18.5. The van der Waals surface area contributed by atoms with Gasteiger partial charge in [-0.05, 0) is 30.7 Å². The molecule has 5 nitrogen and oxygen atoms in total. The zero-order valence-corrected chi connectivity index (χ0v) is 13.1. The number of ether oxygens (including phenoxy) is 2. The highest BCUT2D eigenvalue weighted by Crippen LogP contribution is 2.21. The highest BCUT2D eigenvalue weighted by molar-refractivity contribution is 5.77. The largest absolute Gasteiger partial charge is 0.484 e. The van der Waals surface area contributed by atoms with E-state index in [1.54, 1.807) is 4.90 Å². The van der Waals surface area contributed by atoms with Crippen molar-refractivity contribution >= 4 is 5.91 Å². The van der Waals surface area contributed by atoms with Gasteiger partial charge in [0.25, 0.3) is 5.91 Å². The topological polar surface area (TPSA) is 51.7 Å². The van der Waals surface area contributed by atoms with Crippen LogP contribution in [0.4, 0.5) is 0 Å². The number of amides is 1. The molecule has 1 saturated heterocycles. The minimum absolute atomic E-state index is 0.0331. The number of nitrogens with zero attached hydrogens (tertiary/aromatic N) is 2. The number of rotatable bonds is 4. The van der Waals surface area contributed by atoms with E-state index < -0.39 is 0 Å². The first-order valence-electron chi connectivity index (χ1n) is 7.72. The van der Waals surface area contributed by atoms with Crippen LogP contribution in [-0.2, 0) is 9.53 Å². The number of benzene rings is 1. The van der Waals surface area contributed by atoms with Crippen LogP contribution in [0.1, 0.15) is 17.4 Å². The second-order valence-corrected chi connectivity index (χ2v) is 5.56. The third kappa shape index (κ3) is 4.07. The third-order valence-corrected chi connectivity index (χ3v) is 3.79. The Hall–Kier alpha value is -2.40. The molecule has 1 aromatic carbocycles. The van der Waals surface area contributed by atoms with Crippen LogP contribution in [0.15, 0.2) is 48.7 Å². The fourth-order valence-electron chi connectivity index (χ4n) is 2.48. The van der Waals surface area contributed by atoms with Gasteiger partial charge in [0.05, 0.1) is 18.8 Å². The van der Waals surface area contributed by atoms with Crippen LogP contribution in [0.2, 0.25) is 0 Å². The number of hydrogen-bond donors (Lipinski definition) is 0. The molecule has 3 rings (SSSR count). The van der Waals surface area contributed by atoms with Gasteiger partial charge in [-0.25, -0.2) is 0 Å². The van der Waals surface area contributed by atoms with Crippen molar-refractivity contribution in [2.24, 2.45) is 0 Å². The summed E-state index contributed by atoms with van der Waals surface area (Å²) in [6.07, 6.45) is 1.64. The molecule has 5 heteroatoms. The number of hydrogen-bond acceptors (Lipinski definition) is 4. The molecule has 0 radical (unpaired) electrons. The number of pyridine rings is 1. The molecule has 120 valence electrons. The summed E-state index contributed by atoms with van der Waals surface area (Å²) in [5.74, 6) is 0.667. The molecule has 0 spiro atoms. The molecule has 0 N–H and O–H groups in total. The molecule has 1 aromatic heterocycles. The Bertz CT molecular complexity index is 643. The summed E-state index contributed by atoms with van der Waals surface area (Å²) in [5.41, 5.74) is 1.96. The summed E-state index contributed by atoms with van der Waals surface area (Å²) < 4.78 is 11.3. The van der Waals surface area contributed by atoms with E-state index in [0.29, 0.717) is 25.4 Å². The van der Waals surface area contributed by atoms with E-state index in [0.717, 1.165) is 11.3 Å². The van der Waals surface area contributed by atoms with E-state index in [-0.39, 0.29) is 18.6 Å². The van der Waals surface area contributed by atoms with Crippen molar-refractivity contribution in [1.29, 1.82) is 0 Å². The Morgan fingerprint density at radius 2 is 2.13 bits per heavy atom. The van der Waals surface area contributed by atoms with Gasteiger partial charge in [0.2, 0.25) is 0 Å². The Labute approximate surface area is 135 Å². The van der Waals surface area contributed by atoms with Gasteiger partial charge in [0.1, 0.15) is 11.9 Å². The molecule has 0 unspecified atom stereocenters. The molecule has 23 heavy (non-hydrogen) atoms. The maximum atomic E-state index is 12.3. The minimum atomic E-state index is -0.176. The van der Waals surface area contributed by atoms with E-state index in [1.807, 2.05) is 55.6 Å². The first-order valence-corrected chi connectivity index (χ1v) is 7.72. The molecule has 2 aromatic rings. The predicted molar refractivity (Wildman–Crippen MR) is 86.2 cm³/mol. The number of para-hydroxylation sites is 1. The Balaban J connectivity index is 1.57. The molecule has 1 amide bonds. The molecular formula is C18H20N2O3. The molecule has 1 atom stereocenters. The monoisotopic (exact) mass is 312 g/mol. The zero-order chi connectivity index (χ0) is 16.1. The van der Waals surface area contributed by atoms with Crippen molar-refractivity contribution in [3.8, 4) is 5.75 Å². The molecule has 1 aliphatic heterocycles. The first-order chi connectivity index (χ1) is 11.2. The van der Waals surface area contributed by atoms with Crippen LogP contribution in [0, 0.1) is 6.92 Å². The standard InChI is InChI=1S/C18H20N2O3/c1-14-7-8-16(19-11-14)17-12-20(9-10-22-17)18(21)13-23-15-5-3-2-4-6-15/h2-8,11,17H,9-10,12-13H2,1H3/t17-/m1/s1. The molecule has 0 saturated carbocycles. The SMILES string of the molecule is Cc1ccc([C@H]2CN(C(=O)COc3ccccc3)CCO2)nc1. The Kier molecular flexibility index (Phi) is 4.88. The van der Waals surface area contributed by atoms with Crippen molar-refractivity contribution in [2.75, 3.05) is 26.3 Å². The number of carbonyl (C=O) groups excluding carboxylic acids is 1. The fourth-order valence-corrected chi connectivity index (χ4v) is 2.48. The number of aromatic nitrogens is 1. The lowest BCUT2D eigenvalue weighted by Gasteiger charge is -2.32. The lowest BCUT2D eigenvalue weighted by atomic mass is 10.1. The number of carbonyl (C=O) groups is 1. The molecule has 1 fully saturated rings. The maximum Gasteiger partial charge on any atom is 0.260 e. The zero-order valence-electron chi connectivity index (χ0n) is 13.1. The van der Waals surface area contributed by atoms with Crippen LogP contribution in [0.25, 0.3) is 0 Å². The molecule has 0 bridgehead atoms. The van der Waals surface area contributed by atoms with E-state index >= 15 is 0 Å². The number of aryl methyl sites for hydroxylation is 1. The predicted octanol–water partition coefficient (Wildman–Crippen LogP) is 2.37. The second kappa shape index (κ2) is 7.24. The number of morpholine rings is 1. The molecular weight excluding hydrogens is 292 g/mol. The maximum absolute atomic E-state index is 12.3. The Morgan fingerprint density at radius 1 is 1.30 bits per heavy atom. The third-order valence-electron chi connectivity index (χ3n) is 3.79. The van der Waals surface area contributed by atoms with Crippen LogP contribution in [0.3, 0.4) is 0 Å². The van der Waals surface area contributed by atoms with E-state index in [1.165, 1.54) is 0 Å². The van der Waals surface area contributed by atoms with Crippen LogP contribution >= 0.6 is 0 Å². The molecule has 1 aliphatic rings. The van der Waals surface area contributed by atoms with Crippen molar-refractivity contribution in [3.63, 3.8) is 0 Å². The van der Waals surface area contributed by atoms with Gasteiger partial charge in [-0.15, -0.1) is 0 Å². The highest BCUT2D eigenvalue weighted by Gasteiger charge is 2.26. The van der Waals surface area contributed by atoms with Gasteiger partial charge >= 0.3 is 0 Å². The van der Waals surface area contributed by atoms with Gasteiger partial charge in [0.15, 0.2) is 6.61 Å². The average Bonchev–Trinajstić information content (AvgIpc) is 2.61. The first kappa shape index (κ1) is 15.5. The molecule has 2 heterocycles. The summed E-state index contributed by atoms with van der Waals surface area (Å²) in [6, 6.07) is 13.3. The van der Waals surface area contributed by atoms with E-state index in [9.17, 15) is 4.79 Å². The smallest absolute Gasteiger partial charge is 0.260 e. The summed E-state index contributed by atoms with van der Waals surface area (Å²) in [7, 11) is 0. The van der Waals surface area contributed by atoms with Crippen LogP contribution < -0.4 is 4.74 Å². The quantitative estimate of drug-likeness (QED) is 0.870. The summed E-state index contributed by atoms with van der Waals surface area (Å²) in [5, 5.41) is 0. The van der Waals surface area contributed by atoms with Crippen LogP contribution in [0.5, 0.6) is 5.75 Å². The van der Waals surface area contributed by atoms with Crippen LogP contribution in [-0.4, -0.2) is 42.1 Å². The van der Waals surface area contributed by atoms with Crippen molar-refractivity contribution in [1.82, 2.24) is 9.88 Å². The second-order valence-electron chi connectivity index (χ2n) is 5.56. The van der Waals surface area contributed by atoms with Gasteiger partial charge in [-0.1, -0.05) is 24.3 Å². The molecule has 0 aliphatic carbocycles. The van der Waals surface area contributed by atoms with Crippen molar-refractivity contribution < 1.29 is 14.3 Å². The minimum Gasteiger partial charge on any atom is -0.484 e. The summed E-state index contributed by atoms with van der Waals surface area (Å²) >= 11 is 0. The van der Waals surface area contributed by atoms with Gasteiger partial charge in [0, 0.05) is 12.7 Å². The summed E-state index contributed by atoms with van der Waals surface area (Å²) in [6.45, 7) is 3.64. The van der Waals surface area contributed by atoms with E-state index in [4.69, 9.17) is 9.47 Å². The average molecular weight is 312 g/mol. The van der Waals surface area contributed by atoms with Crippen molar-refractivity contribution in [2.45, 2.75) is 13.0 Å².